The van der Waals surface area contributed by atoms with Crippen LogP contribution in [0.5, 0.6) is 5.75 Å². The molecule has 4 nitrogen and oxygen atoms in total. The number of benzene rings is 1. The van der Waals surface area contributed by atoms with Crippen molar-refractivity contribution in [2.75, 3.05) is 30.3 Å². The Morgan fingerprint density at radius 3 is 2.84 bits per heavy atom. The van der Waals surface area contributed by atoms with Crippen LogP contribution in [0.3, 0.4) is 0 Å². The van der Waals surface area contributed by atoms with Crippen LogP contribution in [-0.2, 0) is 4.74 Å². The third-order valence-electron chi connectivity index (χ3n) is 3.23. The number of hydrogen-bond acceptors (Lipinski definition) is 4. The molecular formula is C15H24N2O2. The maximum Gasteiger partial charge on any atom is 0.144 e. The first kappa shape index (κ1) is 14.0. The third-order valence-corrected chi connectivity index (χ3v) is 3.23. The fraction of sp³-hybridized carbons (Fsp3) is 0.600. The summed E-state index contributed by atoms with van der Waals surface area (Å²) < 4.78 is 11.5. The van der Waals surface area contributed by atoms with Gasteiger partial charge in [-0.15, -0.1) is 0 Å². The number of rotatable bonds is 3. The van der Waals surface area contributed by atoms with Gasteiger partial charge >= 0.3 is 0 Å². The minimum Gasteiger partial charge on any atom is -0.492 e. The van der Waals surface area contributed by atoms with Crippen LogP contribution < -0.4 is 15.4 Å². The number of anilines is 2. The van der Waals surface area contributed by atoms with Crippen molar-refractivity contribution in [3.8, 4) is 5.75 Å². The molecule has 1 heterocycles. The Labute approximate surface area is 115 Å². The highest BCUT2D eigenvalue weighted by molar-refractivity contribution is 5.62. The molecule has 1 aromatic rings. The molecule has 1 atom stereocenters. The first-order valence-electron chi connectivity index (χ1n) is 6.86. The zero-order chi connectivity index (χ0) is 14.0. The van der Waals surface area contributed by atoms with Gasteiger partial charge in [0.1, 0.15) is 5.75 Å². The van der Waals surface area contributed by atoms with E-state index < -0.39 is 0 Å². The summed E-state index contributed by atoms with van der Waals surface area (Å²) in [5, 5.41) is 0. The first-order valence-corrected chi connectivity index (χ1v) is 6.86. The van der Waals surface area contributed by atoms with Gasteiger partial charge < -0.3 is 20.1 Å². The molecule has 1 aromatic carbocycles. The molecule has 2 rings (SSSR count). The van der Waals surface area contributed by atoms with Crippen molar-refractivity contribution >= 4 is 11.4 Å². The smallest absolute Gasteiger partial charge is 0.144 e. The van der Waals surface area contributed by atoms with Crippen LogP contribution in [-0.4, -0.2) is 31.4 Å². The molecule has 1 saturated heterocycles. The molecular weight excluding hydrogens is 240 g/mol. The van der Waals surface area contributed by atoms with Gasteiger partial charge in [0, 0.05) is 24.8 Å². The van der Waals surface area contributed by atoms with Crippen molar-refractivity contribution in [1.82, 2.24) is 0 Å². The van der Waals surface area contributed by atoms with Gasteiger partial charge in [0.15, 0.2) is 0 Å². The van der Waals surface area contributed by atoms with Crippen molar-refractivity contribution in [3.63, 3.8) is 0 Å². The summed E-state index contributed by atoms with van der Waals surface area (Å²) in [5.74, 6) is 0.761. The predicted octanol–water partition coefficient (Wildman–Crippen LogP) is 2.67. The van der Waals surface area contributed by atoms with Gasteiger partial charge in [0.2, 0.25) is 0 Å². The third kappa shape index (κ3) is 3.32. The van der Waals surface area contributed by atoms with E-state index in [1.807, 2.05) is 25.1 Å². The normalized spacial score (nSPS) is 22.3. The molecule has 0 aliphatic carbocycles. The average Bonchev–Trinajstić information content (AvgIpc) is 2.29. The fourth-order valence-corrected chi connectivity index (χ4v) is 2.65. The van der Waals surface area contributed by atoms with Crippen LogP contribution in [0.1, 0.15) is 27.7 Å². The van der Waals surface area contributed by atoms with Crippen LogP contribution in [0, 0.1) is 0 Å². The molecule has 0 amide bonds. The zero-order valence-electron chi connectivity index (χ0n) is 12.3. The first-order chi connectivity index (χ1) is 8.91. The van der Waals surface area contributed by atoms with E-state index in [-0.39, 0.29) is 11.7 Å². The van der Waals surface area contributed by atoms with E-state index in [0.29, 0.717) is 12.3 Å². The van der Waals surface area contributed by atoms with Gasteiger partial charge in [0.05, 0.1) is 24.0 Å². The lowest BCUT2D eigenvalue weighted by atomic mass is 10.0. The predicted molar refractivity (Wildman–Crippen MR) is 78.9 cm³/mol. The second-order valence-electron chi connectivity index (χ2n) is 5.72. The summed E-state index contributed by atoms with van der Waals surface area (Å²) in [4.78, 5) is 2.33. The number of ether oxygens (including phenoxy) is 2. The Bertz CT molecular complexity index is 446. The number of nitrogens with zero attached hydrogens (tertiary/aromatic N) is 1. The van der Waals surface area contributed by atoms with Gasteiger partial charge in [-0.2, -0.15) is 0 Å². The van der Waals surface area contributed by atoms with Crippen molar-refractivity contribution in [2.24, 2.45) is 0 Å². The Hall–Kier alpha value is -1.42. The van der Waals surface area contributed by atoms with E-state index in [1.54, 1.807) is 0 Å². The second-order valence-corrected chi connectivity index (χ2v) is 5.72. The lowest BCUT2D eigenvalue weighted by Crippen LogP contribution is -2.52. The van der Waals surface area contributed by atoms with Gasteiger partial charge in [-0.05, 0) is 39.8 Å². The maximum atomic E-state index is 5.93. The van der Waals surface area contributed by atoms with E-state index in [1.165, 1.54) is 0 Å². The molecule has 0 spiro atoms. The quantitative estimate of drug-likeness (QED) is 0.853. The van der Waals surface area contributed by atoms with Gasteiger partial charge in [0.25, 0.3) is 0 Å². The van der Waals surface area contributed by atoms with Crippen molar-refractivity contribution in [3.05, 3.63) is 18.2 Å². The number of nitrogens with two attached hydrogens (primary N) is 1. The Kier molecular flexibility index (Phi) is 3.90. The Morgan fingerprint density at radius 1 is 1.47 bits per heavy atom. The molecule has 0 saturated carbocycles. The summed E-state index contributed by atoms with van der Waals surface area (Å²) in [6.07, 6.45) is 0.219. The lowest BCUT2D eigenvalue weighted by Gasteiger charge is -2.43. The van der Waals surface area contributed by atoms with Crippen LogP contribution in [0.4, 0.5) is 11.4 Å². The zero-order valence-corrected chi connectivity index (χ0v) is 12.3. The Morgan fingerprint density at radius 2 is 2.21 bits per heavy atom. The molecule has 1 aliphatic heterocycles. The summed E-state index contributed by atoms with van der Waals surface area (Å²) in [7, 11) is 0. The van der Waals surface area contributed by atoms with E-state index in [9.17, 15) is 0 Å². The summed E-state index contributed by atoms with van der Waals surface area (Å²) in [5.41, 5.74) is 7.61. The summed E-state index contributed by atoms with van der Waals surface area (Å²) >= 11 is 0. The lowest BCUT2D eigenvalue weighted by molar-refractivity contribution is -0.0749. The summed E-state index contributed by atoms with van der Waals surface area (Å²) in [6.45, 7) is 10.7. The van der Waals surface area contributed by atoms with Crippen LogP contribution in [0.2, 0.25) is 0 Å². The number of nitrogen functional groups attached to an aromatic ring is 1. The maximum absolute atomic E-state index is 5.93. The van der Waals surface area contributed by atoms with Gasteiger partial charge in [-0.3, -0.25) is 0 Å². The monoisotopic (exact) mass is 264 g/mol. The molecule has 1 fully saturated rings. The number of hydrogen-bond donors (Lipinski definition) is 1. The standard InChI is InChI=1S/C15H24N2O2/c1-5-18-14-8-12(6-7-13(14)16)17-9-11(2)19-15(3,4)10-17/h6-8,11H,5,9-10,16H2,1-4H3. The molecule has 106 valence electrons. The minimum absolute atomic E-state index is 0.134. The molecule has 1 unspecified atom stereocenters. The Balaban J connectivity index is 2.23. The van der Waals surface area contributed by atoms with Crippen LogP contribution in [0.25, 0.3) is 0 Å². The SMILES string of the molecule is CCOc1cc(N2CC(C)OC(C)(C)C2)ccc1N. The summed E-state index contributed by atoms with van der Waals surface area (Å²) in [6, 6.07) is 5.98. The molecule has 1 aliphatic rings. The van der Waals surface area contributed by atoms with Gasteiger partial charge in [-0.1, -0.05) is 0 Å². The van der Waals surface area contributed by atoms with Crippen molar-refractivity contribution in [2.45, 2.75) is 39.4 Å². The topological polar surface area (TPSA) is 47.7 Å². The molecule has 0 aromatic heterocycles. The molecule has 19 heavy (non-hydrogen) atoms. The van der Waals surface area contributed by atoms with Crippen molar-refractivity contribution in [1.29, 1.82) is 0 Å². The van der Waals surface area contributed by atoms with Crippen LogP contribution in [0.15, 0.2) is 18.2 Å². The highest BCUT2D eigenvalue weighted by Gasteiger charge is 2.31. The molecule has 4 heteroatoms. The number of morpholine rings is 1. The second kappa shape index (κ2) is 5.29. The highest BCUT2D eigenvalue weighted by Crippen LogP contribution is 2.31. The molecule has 0 radical (unpaired) electrons. The van der Waals surface area contributed by atoms with Crippen LogP contribution >= 0.6 is 0 Å². The van der Waals surface area contributed by atoms with E-state index in [0.717, 1.165) is 24.5 Å². The molecule has 2 N–H and O–H groups in total. The minimum atomic E-state index is -0.134. The van der Waals surface area contributed by atoms with E-state index in [2.05, 4.69) is 25.7 Å². The van der Waals surface area contributed by atoms with E-state index in [4.69, 9.17) is 15.2 Å². The van der Waals surface area contributed by atoms with Gasteiger partial charge in [-0.25, -0.2) is 0 Å². The fourth-order valence-electron chi connectivity index (χ4n) is 2.65. The van der Waals surface area contributed by atoms with Crippen molar-refractivity contribution < 1.29 is 9.47 Å². The highest BCUT2D eigenvalue weighted by atomic mass is 16.5. The van der Waals surface area contributed by atoms with E-state index >= 15 is 0 Å². The average molecular weight is 264 g/mol. The molecule has 0 bridgehead atoms. The largest absolute Gasteiger partial charge is 0.492 e.